The number of carbonyl (C=O) groups is 4. The number of urea groups is 1. The van der Waals surface area contributed by atoms with Crippen molar-refractivity contribution in [2.24, 2.45) is 5.16 Å². The van der Waals surface area contributed by atoms with E-state index >= 15 is 0 Å². The van der Waals surface area contributed by atoms with Gasteiger partial charge in [-0.2, -0.15) is 13.1 Å². The van der Waals surface area contributed by atoms with Crippen molar-refractivity contribution in [3.05, 3.63) is 111 Å². The fourth-order valence-electron chi connectivity index (χ4n) is 4.56. The number of β-lactam (4-membered cyclic amide) rings is 1. The van der Waals surface area contributed by atoms with E-state index in [0.717, 1.165) is 23.6 Å². The van der Waals surface area contributed by atoms with E-state index < -0.39 is 81.8 Å². The Balaban J connectivity index is 1.22. The highest BCUT2D eigenvalue weighted by Crippen LogP contribution is 2.28. The van der Waals surface area contributed by atoms with Crippen LogP contribution in [0.4, 0.5) is 9.93 Å². The highest BCUT2D eigenvalue weighted by atomic mass is 32.2. The summed E-state index contributed by atoms with van der Waals surface area (Å²) in [6.07, 6.45) is 0.176. The maximum absolute atomic E-state index is 13.4. The lowest BCUT2D eigenvalue weighted by Crippen LogP contribution is -2.68. The van der Waals surface area contributed by atoms with Crippen LogP contribution in [0.5, 0.6) is 5.75 Å². The molecule has 1 saturated heterocycles. The molecule has 4 amide bonds. The molecule has 4 aromatic rings. The lowest BCUT2D eigenvalue weighted by Gasteiger charge is -2.36. The number of likely N-dealkylation sites (tertiary alicyclic amines) is 1. The van der Waals surface area contributed by atoms with Crippen LogP contribution in [-0.2, 0) is 40.7 Å². The van der Waals surface area contributed by atoms with Gasteiger partial charge in [-0.15, -0.1) is 11.3 Å². The number of pyridine rings is 1. The third-order valence-electron chi connectivity index (χ3n) is 7.37. The number of nitrogens with two attached hydrogens (primary N) is 1. The van der Waals surface area contributed by atoms with Crippen molar-refractivity contribution in [1.82, 2.24) is 29.6 Å². The highest BCUT2D eigenvalue weighted by molar-refractivity contribution is 7.88. The maximum atomic E-state index is 13.4. The zero-order valence-electron chi connectivity index (χ0n) is 27.4. The first kappa shape index (κ1) is 37.1. The molecule has 5 rings (SSSR count). The molecule has 1 atom stereocenters. The Kier molecular flexibility index (Phi) is 11.0. The Morgan fingerprint density at radius 2 is 1.75 bits per heavy atom. The summed E-state index contributed by atoms with van der Waals surface area (Å²) in [5.41, 5.74) is 4.26. The average Bonchev–Trinajstić information content (AvgIpc) is 3.54. The summed E-state index contributed by atoms with van der Waals surface area (Å²) in [4.78, 5) is 76.3. The minimum absolute atomic E-state index is 0.0378. The van der Waals surface area contributed by atoms with E-state index in [-0.39, 0.29) is 16.5 Å². The van der Waals surface area contributed by atoms with Crippen LogP contribution in [0, 0.1) is 0 Å². The largest absolute Gasteiger partial charge is 0.503 e. The molecule has 0 bridgehead atoms. The molecule has 0 aliphatic carbocycles. The molecule has 20 heteroatoms. The van der Waals surface area contributed by atoms with E-state index in [2.05, 4.69) is 20.4 Å². The molecule has 18 nitrogen and oxygen atoms in total. The minimum Gasteiger partial charge on any atom is -0.503 e. The second-order valence-electron chi connectivity index (χ2n) is 11.6. The SMILES string of the molecule is CC(C)(ON=C(C(=O)N[C@H]1CN(C(=O)NS(=O)(=O)NCc2cc(=O)c(O)c[nH]2)C1=O)c1csc(N)n1)C(=O)OC(c1ccccc1)c1ccccc1. The van der Waals surface area contributed by atoms with Crippen molar-refractivity contribution in [2.45, 2.75) is 38.1 Å². The van der Waals surface area contributed by atoms with Gasteiger partial charge in [0.1, 0.15) is 11.7 Å². The molecule has 1 aliphatic heterocycles. The predicted molar refractivity (Wildman–Crippen MR) is 186 cm³/mol. The Hall–Kier alpha value is -6.12. The number of nitrogen functional groups attached to an aromatic ring is 1. The smallest absolute Gasteiger partial charge is 0.353 e. The van der Waals surface area contributed by atoms with Gasteiger partial charge < -0.3 is 30.7 Å². The molecule has 0 radical (unpaired) electrons. The third-order valence-corrected chi connectivity index (χ3v) is 9.01. The van der Waals surface area contributed by atoms with E-state index in [4.69, 9.17) is 15.3 Å². The first-order valence-corrected chi connectivity index (χ1v) is 17.6. The Morgan fingerprint density at radius 1 is 1.12 bits per heavy atom. The van der Waals surface area contributed by atoms with E-state index in [1.807, 2.05) is 16.9 Å². The van der Waals surface area contributed by atoms with E-state index in [0.29, 0.717) is 16.0 Å². The average molecular weight is 753 g/mol. The van der Waals surface area contributed by atoms with Crippen molar-refractivity contribution in [3.8, 4) is 5.75 Å². The number of aromatic amines is 1. The topological polar surface area (TPSA) is 265 Å². The third kappa shape index (κ3) is 8.96. The van der Waals surface area contributed by atoms with Crippen LogP contribution in [0.1, 0.15) is 42.5 Å². The molecule has 1 fully saturated rings. The summed E-state index contributed by atoms with van der Waals surface area (Å²) < 4.78 is 34.3. The number of hydrogen-bond donors (Lipinski definition) is 6. The molecule has 3 heterocycles. The van der Waals surface area contributed by atoms with Crippen molar-refractivity contribution >= 4 is 56.2 Å². The molecule has 0 spiro atoms. The summed E-state index contributed by atoms with van der Waals surface area (Å²) in [5, 5.41) is 17.1. The van der Waals surface area contributed by atoms with Crippen LogP contribution in [0.15, 0.2) is 88.3 Å². The van der Waals surface area contributed by atoms with Crippen molar-refractivity contribution in [2.75, 3.05) is 12.3 Å². The van der Waals surface area contributed by atoms with Gasteiger partial charge in [-0.1, -0.05) is 65.8 Å². The summed E-state index contributed by atoms with van der Waals surface area (Å²) in [7, 11) is -4.51. The van der Waals surface area contributed by atoms with Crippen LogP contribution in [-0.4, -0.2) is 76.1 Å². The van der Waals surface area contributed by atoms with Gasteiger partial charge in [-0.3, -0.25) is 19.3 Å². The number of nitrogens with zero attached hydrogens (tertiary/aromatic N) is 3. The van der Waals surface area contributed by atoms with Gasteiger partial charge in [0.05, 0.1) is 13.1 Å². The van der Waals surface area contributed by atoms with Crippen LogP contribution >= 0.6 is 11.3 Å². The number of H-pyrrole nitrogens is 1. The van der Waals surface area contributed by atoms with Crippen LogP contribution in [0.25, 0.3) is 0 Å². The molecule has 7 N–H and O–H groups in total. The number of amides is 4. The number of anilines is 1. The number of ether oxygens (including phenoxy) is 1. The summed E-state index contributed by atoms with van der Waals surface area (Å²) in [5.74, 6) is -3.31. The van der Waals surface area contributed by atoms with Gasteiger partial charge >= 0.3 is 22.2 Å². The van der Waals surface area contributed by atoms with Gasteiger partial charge in [0.25, 0.3) is 11.8 Å². The van der Waals surface area contributed by atoms with Gasteiger partial charge in [0.15, 0.2) is 22.7 Å². The predicted octanol–water partition coefficient (Wildman–Crippen LogP) is 1.02. The summed E-state index contributed by atoms with van der Waals surface area (Å²) >= 11 is 0.985. The molecule has 2 aromatic heterocycles. The lowest BCUT2D eigenvalue weighted by molar-refractivity contribution is -0.172. The Bertz CT molecular complexity index is 2130. The first-order valence-electron chi connectivity index (χ1n) is 15.3. The minimum atomic E-state index is -4.51. The van der Waals surface area contributed by atoms with E-state index in [9.17, 15) is 37.5 Å². The second kappa shape index (κ2) is 15.4. The highest BCUT2D eigenvalue weighted by Gasteiger charge is 2.44. The number of benzene rings is 2. The van der Waals surface area contributed by atoms with Crippen LogP contribution < -0.4 is 25.9 Å². The van der Waals surface area contributed by atoms with Crippen molar-refractivity contribution in [3.63, 3.8) is 0 Å². The molecule has 0 saturated carbocycles. The number of imide groups is 1. The lowest BCUT2D eigenvalue weighted by atomic mass is 10.0. The molecule has 1 aliphatic rings. The second-order valence-corrected chi connectivity index (χ2v) is 14.0. The zero-order valence-corrected chi connectivity index (χ0v) is 29.1. The number of hydrogen-bond acceptors (Lipinski definition) is 14. The van der Waals surface area contributed by atoms with Crippen LogP contribution in [0.2, 0.25) is 0 Å². The molecule has 2 aromatic carbocycles. The maximum Gasteiger partial charge on any atom is 0.353 e. The standard InChI is InChI=1S/C32H32N8O10S2/c1-32(2,29(45)49-26(18-9-5-3-6-10-18)19-11-7-4-8-12-19)50-38-25(22-17-51-30(33)37-22)27(43)36-21-16-40(28(21)44)31(46)39-52(47,48)35-14-20-13-23(41)24(42)15-34-20/h3-13,15,17,21,26,35,42H,14,16H2,1-2H3,(H2,33,37)(H,34,41)(H,36,43)(H,39,46)/t21-/m0/s1. The molecule has 52 heavy (non-hydrogen) atoms. The summed E-state index contributed by atoms with van der Waals surface area (Å²) in [6, 6.07) is 16.5. The Labute approximate surface area is 299 Å². The molecular formula is C32H32N8O10S2. The van der Waals surface area contributed by atoms with Gasteiger partial charge in [-0.25, -0.2) is 19.3 Å². The van der Waals surface area contributed by atoms with Gasteiger partial charge in [0, 0.05) is 23.3 Å². The number of carbonyl (C=O) groups excluding carboxylic acids is 4. The summed E-state index contributed by atoms with van der Waals surface area (Å²) in [6.45, 7) is 1.90. The fraction of sp³-hybridized carbons (Fsp3) is 0.219. The normalized spacial score (nSPS) is 14.8. The van der Waals surface area contributed by atoms with E-state index in [1.165, 1.54) is 19.2 Å². The van der Waals surface area contributed by atoms with Gasteiger partial charge in [-0.05, 0) is 25.0 Å². The van der Waals surface area contributed by atoms with Gasteiger partial charge in [0.2, 0.25) is 11.0 Å². The number of thiazole rings is 1. The number of aromatic hydroxyl groups is 1. The number of rotatable bonds is 13. The zero-order chi connectivity index (χ0) is 37.6. The van der Waals surface area contributed by atoms with Crippen molar-refractivity contribution in [1.29, 1.82) is 0 Å². The quantitative estimate of drug-likeness (QED) is 0.0484. The van der Waals surface area contributed by atoms with E-state index in [1.54, 1.807) is 53.3 Å². The number of esters is 1. The monoisotopic (exact) mass is 752 g/mol. The number of nitrogens with one attached hydrogen (secondary N) is 4. The molecule has 272 valence electrons. The fourth-order valence-corrected chi connectivity index (χ4v) is 5.87. The Morgan fingerprint density at radius 3 is 2.31 bits per heavy atom. The molecule has 0 unspecified atom stereocenters. The first-order chi connectivity index (χ1) is 24.6. The van der Waals surface area contributed by atoms with Crippen molar-refractivity contribution < 1.29 is 42.3 Å². The number of aromatic nitrogens is 2. The van der Waals surface area contributed by atoms with Crippen LogP contribution in [0.3, 0.4) is 0 Å². The number of oxime groups is 1. The molecular weight excluding hydrogens is 721 g/mol.